The van der Waals surface area contributed by atoms with E-state index in [9.17, 15) is 14.7 Å². The second kappa shape index (κ2) is 12.2. The van der Waals surface area contributed by atoms with Crippen LogP contribution < -0.4 is 10.9 Å². The first kappa shape index (κ1) is 29.9. The summed E-state index contributed by atoms with van der Waals surface area (Å²) in [6.45, 7) is 1.97. The summed E-state index contributed by atoms with van der Waals surface area (Å²) in [6, 6.07) is 40.6. The normalized spacial score (nSPS) is 12.4. The molecule has 7 aromatic rings. The number of pyridine rings is 2. The summed E-state index contributed by atoms with van der Waals surface area (Å²) in [5.74, 6) is -0.978. The van der Waals surface area contributed by atoms with Crippen molar-refractivity contribution in [1.82, 2.24) is 19.3 Å². The number of para-hydroxylation sites is 1. The fraction of sp³-hybridized carbons (Fsp3) is 0.125. The Labute approximate surface area is 272 Å². The van der Waals surface area contributed by atoms with E-state index in [4.69, 9.17) is 0 Å². The van der Waals surface area contributed by atoms with E-state index in [2.05, 4.69) is 10.3 Å². The number of fused-ring (bicyclic) bond motifs is 2. The minimum Gasteiger partial charge on any atom is -0.480 e. The van der Waals surface area contributed by atoms with Crippen LogP contribution in [0.5, 0.6) is 0 Å². The first-order valence-electron chi connectivity index (χ1n) is 15.6. The standard InChI is InChI=1S/C40H34N4O3/c1-27-32-20-12-13-21-35(32)43(2)38(45)36(27)33-23-22-31(44-25-24-41-37(33)44)26-34(39(46)47)42-40(28-14-6-3-7-15-28,29-16-8-4-9-17-29)30-18-10-5-11-19-30/h3-25,34,42H,26H2,1-2H3,(H,46,47)/t34-/m0/s1. The van der Waals surface area contributed by atoms with Crippen molar-refractivity contribution < 1.29 is 9.90 Å². The van der Waals surface area contributed by atoms with Gasteiger partial charge in [-0.15, -0.1) is 0 Å². The molecule has 3 heterocycles. The molecule has 7 nitrogen and oxygen atoms in total. The number of carboxylic acid groups (broad SMARTS) is 1. The number of benzene rings is 4. The Morgan fingerprint density at radius 1 is 0.809 bits per heavy atom. The highest BCUT2D eigenvalue weighted by molar-refractivity contribution is 5.91. The lowest BCUT2D eigenvalue weighted by molar-refractivity contribution is -0.139. The summed E-state index contributed by atoms with van der Waals surface area (Å²) in [7, 11) is 1.78. The van der Waals surface area contributed by atoms with E-state index in [-0.39, 0.29) is 12.0 Å². The van der Waals surface area contributed by atoms with Gasteiger partial charge in [0.25, 0.3) is 5.56 Å². The molecule has 0 saturated heterocycles. The van der Waals surface area contributed by atoms with Crippen LogP contribution in [0.3, 0.4) is 0 Å². The van der Waals surface area contributed by atoms with E-state index in [0.29, 0.717) is 16.8 Å². The number of aliphatic carboxylic acids is 1. The molecule has 7 rings (SSSR count). The van der Waals surface area contributed by atoms with Crippen LogP contribution in [0, 0.1) is 6.92 Å². The largest absolute Gasteiger partial charge is 0.480 e. The molecule has 0 unspecified atom stereocenters. The molecule has 47 heavy (non-hydrogen) atoms. The third kappa shape index (κ3) is 5.11. The smallest absolute Gasteiger partial charge is 0.321 e. The SMILES string of the molecule is Cc1c(-c2ccc(C[C@H](NC(c3ccccc3)(c3ccccc3)c3ccccc3)C(=O)O)n3ccnc23)c(=O)n(C)c2ccccc12. The number of carbonyl (C=O) groups is 1. The van der Waals surface area contributed by atoms with Crippen molar-refractivity contribution in [2.24, 2.45) is 7.05 Å². The maximum atomic E-state index is 13.7. The summed E-state index contributed by atoms with van der Waals surface area (Å²) in [5, 5.41) is 15.4. The van der Waals surface area contributed by atoms with Crippen LogP contribution in [-0.2, 0) is 23.8 Å². The average Bonchev–Trinajstić information content (AvgIpc) is 3.62. The molecule has 2 N–H and O–H groups in total. The number of hydrogen-bond acceptors (Lipinski definition) is 4. The number of rotatable bonds is 9. The van der Waals surface area contributed by atoms with Crippen LogP contribution in [0.2, 0.25) is 0 Å². The van der Waals surface area contributed by atoms with E-state index in [1.165, 1.54) is 0 Å². The van der Waals surface area contributed by atoms with Crippen LogP contribution in [0.15, 0.2) is 145 Å². The lowest BCUT2D eigenvalue weighted by Crippen LogP contribution is -2.53. The van der Waals surface area contributed by atoms with Crippen molar-refractivity contribution in [3.8, 4) is 11.1 Å². The minimum atomic E-state index is -0.998. The molecule has 0 bridgehead atoms. The summed E-state index contributed by atoms with van der Waals surface area (Å²) in [5.41, 5.74) is 6.08. The monoisotopic (exact) mass is 618 g/mol. The van der Waals surface area contributed by atoms with Gasteiger partial charge in [-0.3, -0.25) is 14.9 Å². The number of imidazole rings is 1. The van der Waals surface area contributed by atoms with Gasteiger partial charge >= 0.3 is 5.97 Å². The molecule has 0 amide bonds. The maximum absolute atomic E-state index is 13.7. The van der Waals surface area contributed by atoms with Crippen LogP contribution in [0.1, 0.15) is 27.9 Å². The molecular formula is C40H34N4O3. The number of carboxylic acids is 1. The van der Waals surface area contributed by atoms with Crippen LogP contribution in [-0.4, -0.2) is 31.1 Å². The highest BCUT2D eigenvalue weighted by atomic mass is 16.4. The van der Waals surface area contributed by atoms with Gasteiger partial charge in [-0.1, -0.05) is 109 Å². The Kier molecular flexibility index (Phi) is 7.75. The topological polar surface area (TPSA) is 88.6 Å². The minimum absolute atomic E-state index is 0.109. The predicted octanol–water partition coefficient (Wildman–Crippen LogP) is 6.74. The van der Waals surface area contributed by atoms with E-state index in [0.717, 1.165) is 38.9 Å². The van der Waals surface area contributed by atoms with Crippen molar-refractivity contribution >= 4 is 22.5 Å². The van der Waals surface area contributed by atoms with Crippen LogP contribution >= 0.6 is 0 Å². The molecular weight excluding hydrogens is 584 g/mol. The van der Waals surface area contributed by atoms with Gasteiger partial charge in [-0.05, 0) is 47.4 Å². The maximum Gasteiger partial charge on any atom is 0.321 e. The first-order valence-corrected chi connectivity index (χ1v) is 15.6. The molecule has 4 aromatic carbocycles. The molecule has 232 valence electrons. The molecule has 7 heteroatoms. The van der Waals surface area contributed by atoms with Crippen molar-refractivity contribution in [2.75, 3.05) is 0 Å². The second-order valence-electron chi connectivity index (χ2n) is 11.8. The number of aryl methyl sites for hydroxylation is 2. The van der Waals surface area contributed by atoms with Crippen LogP contribution in [0.4, 0.5) is 0 Å². The van der Waals surface area contributed by atoms with Gasteiger partial charge < -0.3 is 14.1 Å². The van der Waals surface area contributed by atoms with Crippen molar-refractivity contribution in [3.63, 3.8) is 0 Å². The molecule has 0 fully saturated rings. The van der Waals surface area contributed by atoms with Gasteiger partial charge in [0, 0.05) is 42.5 Å². The summed E-state index contributed by atoms with van der Waals surface area (Å²) < 4.78 is 3.57. The first-order chi connectivity index (χ1) is 22.9. The summed E-state index contributed by atoms with van der Waals surface area (Å²) in [6.07, 6.45) is 3.67. The molecule has 0 aliphatic heterocycles. The molecule has 0 radical (unpaired) electrons. The third-order valence-electron chi connectivity index (χ3n) is 9.19. The Hall–Kier alpha value is -5.79. The van der Waals surface area contributed by atoms with E-state index in [1.54, 1.807) is 17.8 Å². The molecule has 3 aromatic heterocycles. The zero-order valence-electron chi connectivity index (χ0n) is 26.2. The Morgan fingerprint density at radius 3 is 1.94 bits per heavy atom. The van der Waals surface area contributed by atoms with Crippen molar-refractivity contribution in [1.29, 1.82) is 0 Å². The highest BCUT2D eigenvalue weighted by Crippen LogP contribution is 2.38. The predicted molar refractivity (Wildman–Crippen MR) is 186 cm³/mol. The lowest BCUT2D eigenvalue weighted by atomic mass is 9.76. The molecule has 0 spiro atoms. The highest BCUT2D eigenvalue weighted by Gasteiger charge is 2.40. The molecule has 0 aliphatic rings. The van der Waals surface area contributed by atoms with E-state index in [1.807, 2.05) is 145 Å². The Morgan fingerprint density at radius 2 is 1.36 bits per heavy atom. The van der Waals surface area contributed by atoms with Gasteiger partial charge in [-0.2, -0.15) is 0 Å². The van der Waals surface area contributed by atoms with Gasteiger partial charge in [0.05, 0.1) is 16.6 Å². The van der Waals surface area contributed by atoms with Crippen LogP contribution in [0.25, 0.3) is 27.7 Å². The van der Waals surface area contributed by atoms with Gasteiger partial charge in [0.2, 0.25) is 0 Å². The third-order valence-corrected chi connectivity index (χ3v) is 9.19. The summed E-state index contributed by atoms with van der Waals surface area (Å²) in [4.78, 5) is 31.5. The van der Waals surface area contributed by atoms with Crippen molar-refractivity contribution in [2.45, 2.75) is 24.9 Å². The second-order valence-corrected chi connectivity index (χ2v) is 11.8. The van der Waals surface area contributed by atoms with Gasteiger partial charge in [0.1, 0.15) is 11.7 Å². The quantitative estimate of drug-likeness (QED) is 0.175. The molecule has 1 atom stereocenters. The fourth-order valence-corrected chi connectivity index (χ4v) is 6.89. The summed E-state index contributed by atoms with van der Waals surface area (Å²) >= 11 is 0. The number of nitrogens with zero attached hydrogens (tertiary/aromatic N) is 3. The average molecular weight is 619 g/mol. The molecule has 0 aliphatic carbocycles. The number of aromatic nitrogens is 3. The number of nitrogens with one attached hydrogen (secondary N) is 1. The number of hydrogen-bond donors (Lipinski definition) is 2. The zero-order chi connectivity index (χ0) is 32.5. The Bertz CT molecular complexity index is 2180. The van der Waals surface area contributed by atoms with E-state index < -0.39 is 17.6 Å². The Balaban J connectivity index is 1.36. The van der Waals surface area contributed by atoms with E-state index >= 15 is 0 Å². The zero-order valence-corrected chi connectivity index (χ0v) is 26.2. The van der Waals surface area contributed by atoms with Gasteiger partial charge in [-0.25, -0.2) is 4.98 Å². The lowest BCUT2D eigenvalue weighted by Gasteiger charge is -2.39. The van der Waals surface area contributed by atoms with Crippen molar-refractivity contribution in [3.05, 3.63) is 178 Å². The van der Waals surface area contributed by atoms with Gasteiger partial charge in [0.15, 0.2) is 0 Å². The fourth-order valence-electron chi connectivity index (χ4n) is 6.89. The molecule has 0 saturated carbocycles.